The Kier molecular flexibility index (Phi) is 9.82. The molecule has 2 amide bonds. The van der Waals surface area contributed by atoms with E-state index in [9.17, 15) is 4.79 Å². The van der Waals surface area contributed by atoms with Crippen LogP contribution in [-0.2, 0) is 15.0 Å². The van der Waals surface area contributed by atoms with E-state index in [1.165, 1.54) is 0 Å². The number of tetrazole rings is 1. The summed E-state index contributed by atoms with van der Waals surface area (Å²) in [6.07, 6.45) is 3.24. The fraction of sp³-hybridized carbons (Fsp3) is 0.562. The Hall–Kier alpha value is -3.70. The highest BCUT2D eigenvalue weighted by molar-refractivity contribution is 5.76. The van der Waals surface area contributed by atoms with Crippen LogP contribution < -0.4 is 14.8 Å². The molecule has 3 aromatic rings. The highest BCUT2D eigenvalue weighted by Gasteiger charge is 2.51. The quantitative estimate of drug-likeness (QED) is 0.240. The number of methoxy groups -OCH3 is 1. The summed E-state index contributed by atoms with van der Waals surface area (Å²) in [4.78, 5) is 16.0. The van der Waals surface area contributed by atoms with Crippen molar-refractivity contribution in [3.63, 3.8) is 0 Å². The van der Waals surface area contributed by atoms with Crippen molar-refractivity contribution in [1.82, 2.24) is 30.8 Å². The number of carbonyl (C=O) groups excluding carboxylic acids is 1. The first-order valence-electron chi connectivity index (χ1n) is 15.3. The first kappa shape index (κ1) is 30.7. The maximum Gasteiger partial charge on any atom is 0.318 e. The molecule has 1 aromatic heterocycles. The van der Waals surface area contributed by atoms with Crippen molar-refractivity contribution in [2.45, 2.75) is 83.1 Å². The average molecular weight is 593 g/mol. The van der Waals surface area contributed by atoms with Gasteiger partial charge in [0.25, 0.3) is 0 Å². The van der Waals surface area contributed by atoms with E-state index in [1.54, 1.807) is 12.0 Å². The molecule has 2 saturated carbocycles. The molecule has 2 aliphatic rings. The van der Waals surface area contributed by atoms with Gasteiger partial charge in [-0.15, -0.1) is 10.2 Å². The molecule has 2 unspecified atom stereocenters. The van der Waals surface area contributed by atoms with Crippen LogP contribution in [0.2, 0.25) is 0 Å². The Morgan fingerprint density at radius 2 is 1.74 bits per heavy atom. The van der Waals surface area contributed by atoms with Crippen molar-refractivity contribution in [2.75, 3.05) is 33.5 Å². The van der Waals surface area contributed by atoms with Crippen LogP contribution in [0.4, 0.5) is 4.79 Å². The van der Waals surface area contributed by atoms with Crippen LogP contribution in [0.3, 0.4) is 0 Å². The molecule has 0 bridgehead atoms. The van der Waals surface area contributed by atoms with E-state index >= 15 is 0 Å². The van der Waals surface area contributed by atoms with Crippen molar-refractivity contribution in [2.24, 2.45) is 0 Å². The summed E-state index contributed by atoms with van der Waals surface area (Å²) in [6.45, 7) is 9.82. The molecule has 2 aliphatic carbocycles. The normalized spacial score (nSPS) is 21.0. The topological polar surface area (TPSA) is 124 Å². The summed E-state index contributed by atoms with van der Waals surface area (Å²) in [5.74, 6) is 2.55. The number of carbonyl (C=O) groups is 1. The molecular formula is C32H44N6O5. The molecule has 0 spiro atoms. The van der Waals surface area contributed by atoms with Crippen molar-refractivity contribution < 1.29 is 23.7 Å². The number of hydrogen-bond donors (Lipinski definition) is 2. The number of nitrogens with zero attached hydrogens (tertiary/aromatic N) is 4. The smallest absolute Gasteiger partial charge is 0.318 e. The molecular weight excluding hydrogens is 548 g/mol. The van der Waals surface area contributed by atoms with Crippen molar-refractivity contribution >= 4 is 6.03 Å². The van der Waals surface area contributed by atoms with Crippen molar-refractivity contribution in [1.29, 1.82) is 0 Å². The molecule has 11 heteroatoms. The molecule has 232 valence electrons. The van der Waals surface area contributed by atoms with E-state index in [1.807, 2.05) is 58.0 Å². The minimum Gasteiger partial charge on any atom is -0.493 e. The average Bonchev–Trinajstić information content (AvgIpc) is 3.68. The lowest BCUT2D eigenvalue weighted by atomic mass is 9.73. The monoisotopic (exact) mass is 592 g/mol. The molecule has 2 aromatic carbocycles. The maximum atomic E-state index is 14.2. The fourth-order valence-electron chi connectivity index (χ4n) is 5.85. The molecule has 5 rings (SSSR count). The van der Waals surface area contributed by atoms with E-state index in [0.717, 1.165) is 41.0 Å². The molecule has 2 atom stereocenters. The van der Waals surface area contributed by atoms with E-state index in [-0.39, 0.29) is 24.3 Å². The Balaban J connectivity index is 1.42. The third-order valence-electron chi connectivity index (χ3n) is 8.50. The maximum absolute atomic E-state index is 14.2. The molecule has 0 aliphatic heterocycles. The van der Waals surface area contributed by atoms with Crippen LogP contribution in [0.25, 0.3) is 0 Å². The van der Waals surface area contributed by atoms with Crippen LogP contribution in [0, 0.1) is 0 Å². The first-order chi connectivity index (χ1) is 20.9. The predicted molar refractivity (Wildman–Crippen MR) is 161 cm³/mol. The van der Waals surface area contributed by atoms with Gasteiger partial charge < -0.3 is 29.2 Å². The fourth-order valence-corrected chi connectivity index (χ4v) is 5.85. The number of benzene rings is 2. The van der Waals surface area contributed by atoms with Gasteiger partial charge in [-0.05, 0) is 69.7 Å². The SMILES string of the molecule is CCOc1cc(C(C)N(CCOC(C)c2ccccc2)C(=O)NC2(c3nn[nH]n3)CC(OC)C2)cc(OCC)c1C1CC1. The van der Waals surface area contributed by atoms with Gasteiger partial charge in [0.1, 0.15) is 17.0 Å². The zero-order valence-corrected chi connectivity index (χ0v) is 25.8. The van der Waals surface area contributed by atoms with Crippen LogP contribution in [0.5, 0.6) is 11.5 Å². The van der Waals surface area contributed by atoms with Gasteiger partial charge in [-0.1, -0.05) is 35.5 Å². The predicted octanol–water partition coefficient (Wildman–Crippen LogP) is 5.43. The van der Waals surface area contributed by atoms with E-state index in [0.29, 0.717) is 50.9 Å². The minimum atomic E-state index is -0.774. The zero-order chi connectivity index (χ0) is 30.4. The summed E-state index contributed by atoms with van der Waals surface area (Å²) in [5.41, 5.74) is 2.37. The van der Waals surface area contributed by atoms with E-state index in [4.69, 9.17) is 18.9 Å². The highest BCUT2D eigenvalue weighted by Crippen LogP contribution is 2.50. The largest absolute Gasteiger partial charge is 0.493 e. The summed E-state index contributed by atoms with van der Waals surface area (Å²) in [6, 6.07) is 13.6. The zero-order valence-electron chi connectivity index (χ0n) is 25.8. The molecule has 1 heterocycles. The van der Waals surface area contributed by atoms with Gasteiger partial charge in [0.15, 0.2) is 5.82 Å². The summed E-state index contributed by atoms with van der Waals surface area (Å²) in [7, 11) is 1.67. The Labute approximate surface area is 253 Å². The number of amides is 2. The van der Waals surface area contributed by atoms with Gasteiger partial charge in [0.05, 0.1) is 38.1 Å². The third-order valence-corrected chi connectivity index (χ3v) is 8.50. The lowest BCUT2D eigenvalue weighted by Crippen LogP contribution is -2.60. The second kappa shape index (κ2) is 13.7. The molecule has 2 N–H and O–H groups in total. The number of aromatic amines is 1. The molecule has 0 radical (unpaired) electrons. The number of aromatic nitrogens is 4. The number of ether oxygens (including phenoxy) is 4. The molecule has 43 heavy (non-hydrogen) atoms. The second-order valence-electron chi connectivity index (χ2n) is 11.4. The number of urea groups is 1. The van der Waals surface area contributed by atoms with E-state index < -0.39 is 5.54 Å². The van der Waals surface area contributed by atoms with Crippen molar-refractivity contribution in [3.8, 4) is 11.5 Å². The summed E-state index contributed by atoms with van der Waals surface area (Å²) < 4.78 is 24.0. The number of H-pyrrole nitrogens is 1. The Morgan fingerprint density at radius 1 is 1.07 bits per heavy atom. The number of rotatable bonds is 15. The highest BCUT2D eigenvalue weighted by atomic mass is 16.5. The van der Waals surface area contributed by atoms with Gasteiger partial charge in [-0.3, -0.25) is 0 Å². The van der Waals surface area contributed by atoms with Gasteiger partial charge in [0, 0.05) is 32.1 Å². The first-order valence-corrected chi connectivity index (χ1v) is 15.3. The van der Waals surface area contributed by atoms with Crippen LogP contribution in [0.15, 0.2) is 42.5 Å². The lowest BCUT2D eigenvalue weighted by molar-refractivity contribution is -0.0343. The van der Waals surface area contributed by atoms with E-state index in [2.05, 4.69) is 38.1 Å². The summed E-state index contributed by atoms with van der Waals surface area (Å²) >= 11 is 0. The lowest BCUT2D eigenvalue weighted by Gasteiger charge is -2.46. The van der Waals surface area contributed by atoms with Crippen LogP contribution >= 0.6 is 0 Å². The minimum absolute atomic E-state index is 0.00259. The molecule has 2 fully saturated rings. The van der Waals surface area contributed by atoms with Gasteiger partial charge >= 0.3 is 6.03 Å². The Morgan fingerprint density at radius 3 is 2.30 bits per heavy atom. The van der Waals surface area contributed by atoms with Crippen molar-refractivity contribution in [3.05, 3.63) is 65.0 Å². The molecule has 11 nitrogen and oxygen atoms in total. The summed E-state index contributed by atoms with van der Waals surface area (Å²) in [5, 5.41) is 17.9. The third kappa shape index (κ3) is 6.94. The standard InChI is InChI=1S/C32H44N6O5/c1-6-41-27-17-25(18-28(42-7-2)29(27)24-13-14-24)21(3)38(15-16-43-22(4)23-11-9-8-10-12-23)31(39)33-32(19-26(20-32)40-5)30-34-36-37-35-30/h8-12,17-18,21-22,24,26H,6-7,13-16,19-20H2,1-5H3,(H,33,39)(H,34,35,36,37). The van der Waals surface area contributed by atoms with Crippen LogP contribution in [-0.4, -0.2) is 71.1 Å². The van der Waals surface area contributed by atoms with Gasteiger partial charge in [-0.2, -0.15) is 5.21 Å². The van der Waals surface area contributed by atoms with Gasteiger partial charge in [-0.25, -0.2) is 4.79 Å². The van der Waals surface area contributed by atoms with Gasteiger partial charge in [0.2, 0.25) is 0 Å². The molecule has 0 saturated heterocycles. The second-order valence-corrected chi connectivity index (χ2v) is 11.4. The van der Waals surface area contributed by atoms with Crippen LogP contribution in [0.1, 0.15) is 94.0 Å². The number of nitrogens with one attached hydrogen (secondary N) is 2. The number of hydrogen-bond acceptors (Lipinski definition) is 8. The Bertz CT molecular complexity index is 1300.